The minimum atomic E-state index is -1.35. The van der Waals surface area contributed by atoms with E-state index in [1.54, 1.807) is 24.0 Å². The molecular formula is C31H47N3O7. The topological polar surface area (TPSA) is 125 Å². The number of ether oxygens (including phenoxy) is 2. The van der Waals surface area contributed by atoms with Crippen molar-refractivity contribution in [3.63, 3.8) is 0 Å². The summed E-state index contributed by atoms with van der Waals surface area (Å²) in [6, 6.07) is -1.67. The van der Waals surface area contributed by atoms with Gasteiger partial charge in [-0.15, -0.1) is 0 Å². The van der Waals surface area contributed by atoms with Gasteiger partial charge >= 0.3 is 5.97 Å². The van der Waals surface area contributed by atoms with Crippen molar-refractivity contribution in [2.45, 2.75) is 110 Å². The summed E-state index contributed by atoms with van der Waals surface area (Å²) in [5.74, 6) is -3.32. The number of likely N-dealkylation sites (tertiary alicyclic amines) is 1. The number of hydrogen-bond donors (Lipinski definition) is 2. The van der Waals surface area contributed by atoms with Crippen LogP contribution in [0.1, 0.15) is 74.1 Å². The smallest absolute Gasteiger partial charge is 0.313 e. The molecule has 4 heterocycles. The lowest BCUT2D eigenvalue weighted by molar-refractivity contribution is -0.160. The lowest BCUT2D eigenvalue weighted by Crippen LogP contribution is -2.62. The predicted octanol–water partition coefficient (Wildman–Crippen LogP) is 2.35. The quantitative estimate of drug-likeness (QED) is 0.382. The molecule has 1 spiro atoms. The minimum absolute atomic E-state index is 0.101. The summed E-state index contributed by atoms with van der Waals surface area (Å²) in [6.45, 7) is 14.0. The zero-order valence-corrected chi connectivity index (χ0v) is 25.5. The molecule has 0 aromatic rings. The number of cyclic esters (lactones) is 1. The van der Waals surface area contributed by atoms with Crippen molar-refractivity contribution in [1.82, 2.24) is 15.1 Å². The monoisotopic (exact) mass is 573 g/mol. The van der Waals surface area contributed by atoms with Crippen LogP contribution in [0.4, 0.5) is 0 Å². The van der Waals surface area contributed by atoms with Crippen molar-refractivity contribution in [3.05, 3.63) is 24.3 Å². The predicted molar refractivity (Wildman–Crippen MR) is 152 cm³/mol. The Balaban J connectivity index is 1.84. The third-order valence-corrected chi connectivity index (χ3v) is 8.75. The SMILES string of the molecule is CC[C@@H](CO)N1C(=O)[C@@H]2[C@H]3C(=O)O[C@@H](C)CNC(=O)CC/C=C\CN(C(C)(C)CC(C)(C)C)C(=O)[C@@H]1[C@]21C=C[C@H]3O1. The van der Waals surface area contributed by atoms with E-state index >= 15 is 0 Å². The summed E-state index contributed by atoms with van der Waals surface area (Å²) in [4.78, 5) is 58.3. The van der Waals surface area contributed by atoms with Gasteiger partial charge in [0.25, 0.3) is 0 Å². The molecule has 4 rings (SSSR count). The maximum atomic E-state index is 14.9. The standard InChI is InChI=1S/C31H47N3O7/c1-8-20(17-35)34-25-27(38)33(30(6,7)18-29(3,4)5)15-11-9-10-12-22(36)32-16-19(2)40-28(39)23-21-13-14-31(25,41-21)24(23)26(34)37/h9,11,13-14,19-21,23-25,35H,8,10,12,15-18H2,1-7H3,(H,32,36)/b11-9-/t19-,20-,21+,23-,24-,25+,31-/m0/s1. The number of nitrogens with zero attached hydrogens (tertiary/aromatic N) is 2. The number of allylic oxidation sites excluding steroid dienone is 1. The van der Waals surface area contributed by atoms with Crippen LogP contribution in [-0.4, -0.2) is 93.7 Å². The number of esters is 1. The molecule has 0 unspecified atom stereocenters. The van der Waals surface area contributed by atoms with Gasteiger partial charge in [0.2, 0.25) is 17.7 Å². The maximum absolute atomic E-state index is 14.9. The zero-order valence-electron chi connectivity index (χ0n) is 25.5. The van der Waals surface area contributed by atoms with Gasteiger partial charge in [0.15, 0.2) is 0 Å². The molecule has 2 N–H and O–H groups in total. The summed E-state index contributed by atoms with van der Waals surface area (Å²) in [5, 5.41) is 13.1. The number of aliphatic hydroxyl groups excluding tert-OH is 1. The molecule has 0 aromatic carbocycles. The number of carbonyl (C=O) groups is 4. The first-order chi connectivity index (χ1) is 19.2. The molecule has 3 amide bonds. The third-order valence-electron chi connectivity index (χ3n) is 8.75. The molecule has 4 aliphatic heterocycles. The second-order valence-electron chi connectivity index (χ2n) is 13.8. The van der Waals surface area contributed by atoms with Crippen LogP contribution in [0.3, 0.4) is 0 Å². The second-order valence-corrected chi connectivity index (χ2v) is 13.8. The third kappa shape index (κ3) is 5.82. The molecule has 4 aliphatic rings. The Labute approximate surface area is 243 Å². The van der Waals surface area contributed by atoms with E-state index < -0.39 is 53.2 Å². The molecule has 7 atom stereocenters. The lowest BCUT2D eigenvalue weighted by atomic mass is 9.74. The first kappa shape index (κ1) is 31.2. The first-order valence-electron chi connectivity index (χ1n) is 14.9. The van der Waals surface area contributed by atoms with Crippen LogP contribution >= 0.6 is 0 Å². The molecule has 228 valence electrons. The van der Waals surface area contributed by atoms with Crippen LogP contribution < -0.4 is 5.32 Å². The molecule has 0 aliphatic carbocycles. The molecular weight excluding hydrogens is 526 g/mol. The average Bonchev–Trinajstić information content (AvgIpc) is 3.51. The van der Waals surface area contributed by atoms with Crippen molar-refractivity contribution < 1.29 is 33.8 Å². The van der Waals surface area contributed by atoms with E-state index in [0.29, 0.717) is 19.3 Å². The van der Waals surface area contributed by atoms with Gasteiger partial charge < -0.3 is 29.7 Å². The van der Waals surface area contributed by atoms with Gasteiger partial charge in [0.05, 0.1) is 31.2 Å². The normalized spacial score (nSPS) is 34.5. The van der Waals surface area contributed by atoms with Crippen LogP contribution in [0.15, 0.2) is 24.3 Å². The highest BCUT2D eigenvalue weighted by Gasteiger charge is 2.74. The van der Waals surface area contributed by atoms with E-state index in [1.165, 1.54) is 4.90 Å². The maximum Gasteiger partial charge on any atom is 0.313 e. The van der Waals surface area contributed by atoms with Gasteiger partial charge in [-0.05, 0) is 45.4 Å². The number of nitrogens with one attached hydrogen (secondary N) is 1. The van der Waals surface area contributed by atoms with Gasteiger partial charge in [0, 0.05) is 18.5 Å². The number of fused-ring (bicyclic) bond motifs is 2. The highest BCUT2D eigenvalue weighted by molar-refractivity contribution is 5.99. The first-order valence-corrected chi connectivity index (χ1v) is 14.9. The molecule has 10 nitrogen and oxygen atoms in total. The Morgan fingerprint density at radius 3 is 2.46 bits per heavy atom. The fourth-order valence-corrected chi connectivity index (χ4v) is 7.32. The van der Waals surface area contributed by atoms with Gasteiger partial charge in [0.1, 0.15) is 23.7 Å². The lowest BCUT2D eigenvalue weighted by Gasteiger charge is -2.46. The minimum Gasteiger partial charge on any atom is -0.460 e. The number of amides is 3. The van der Waals surface area contributed by atoms with Gasteiger partial charge in [-0.1, -0.05) is 52.0 Å². The highest BCUT2D eigenvalue weighted by Crippen LogP contribution is 2.56. The Kier molecular flexibility index (Phi) is 8.77. The van der Waals surface area contributed by atoms with Crippen molar-refractivity contribution in [2.75, 3.05) is 19.7 Å². The van der Waals surface area contributed by atoms with Crippen LogP contribution in [0.5, 0.6) is 0 Å². The summed E-state index contributed by atoms with van der Waals surface area (Å²) < 4.78 is 12.2. The molecule has 2 fully saturated rings. The number of aliphatic hydroxyl groups is 1. The average molecular weight is 574 g/mol. The van der Waals surface area contributed by atoms with Crippen LogP contribution in [-0.2, 0) is 28.7 Å². The van der Waals surface area contributed by atoms with E-state index in [9.17, 15) is 24.3 Å². The zero-order chi connectivity index (χ0) is 30.3. The number of carbonyl (C=O) groups excluding carboxylic acids is 4. The summed E-state index contributed by atoms with van der Waals surface area (Å²) >= 11 is 0. The fraction of sp³-hybridized carbons (Fsp3) is 0.742. The van der Waals surface area contributed by atoms with E-state index in [2.05, 4.69) is 26.1 Å². The Morgan fingerprint density at radius 1 is 1.12 bits per heavy atom. The molecule has 0 saturated carbocycles. The van der Waals surface area contributed by atoms with Gasteiger partial charge in [-0.2, -0.15) is 0 Å². The summed E-state index contributed by atoms with van der Waals surface area (Å²) in [7, 11) is 0. The molecule has 5 bridgehead atoms. The largest absolute Gasteiger partial charge is 0.460 e. The highest BCUT2D eigenvalue weighted by atomic mass is 16.6. The Morgan fingerprint density at radius 2 is 1.83 bits per heavy atom. The van der Waals surface area contributed by atoms with Gasteiger partial charge in [-0.25, -0.2) is 0 Å². The fourth-order valence-electron chi connectivity index (χ4n) is 7.32. The molecule has 2 saturated heterocycles. The molecule has 41 heavy (non-hydrogen) atoms. The van der Waals surface area contributed by atoms with E-state index in [-0.39, 0.29) is 49.3 Å². The van der Waals surface area contributed by atoms with E-state index in [4.69, 9.17) is 9.47 Å². The van der Waals surface area contributed by atoms with Crippen molar-refractivity contribution in [1.29, 1.82) is 0 Å². The van der Waals surface area contributed by atoms with Crippen LogP contribution in [0.25, 0.3) is 0 Å². The van der Waals surface area contributed by atoms with Crippen molar-refractivity contribution >= 4 is 23.7 Å². The van der Waals surface area contributed by atoms with Crippen molar-refractivity contribution in [2.24, 2.45) is 17.3 Å². The summed E-state index contributed by atoms with van der Waals surface area (Å²) in [6.07, 6.45) is 7.86. The van der Waals surface area contributed by atoms with Crippen LogP contribution in [0.2, 0.25) is 0 Å². The van der Waals surface area contributed by atoms with E-state index in [0.717, 1.165) is 0 Å². The van der Waals surface area contributed by atoms with Crippen LogP contribution in [0, 0.1) is 17.3 Å². The van der Waals surface area contributed by atoms with Crippen molar-refractivity contribution in [3.8, 4) is 0 Å². The molecule has 0 aromatic heterocycles. The molecule has 0 radical (unpaired) electrons. The number of hydrogen-bond acceptors (Lipinski definition) is 7. The van der Waals surface area contributed by atoms with Gasteiger partial charge in [-0.3, -0.25) is 19.2 Å². The van der Waals surface area contributed by atoms with E-state index in [1.807, 2.05) is 32.9 Å². The summed E-state index contributed by atoms with van der Waals surface area (Å²) in [5.41, 5.74) is -2.06. The number of rotatable bonds is 5. The Hall–Kier alpha value is -2.72. The Bertz CT molecular complexity index is 1110. The second kappa shape index (κ2) is 11.5. The molecule has 10 heteroatoms.